The van der Waals surface area contributed by atoms with Crippen LogP contribution in [-0.2, 0) is 4.79 Å². The molecule has 4 heteroatoms. The third kappa shape index (κ3) is 20.7. The molecule has 38 heavy (non-hydrogen) atoms. The van der Waals surface area contributed by atoms with E-state index in [1.54, 1.807) is 0 Å². The molecule has 1 amide bonds. The molecule has 0 fully saturated rings. The minimum absolute atomic E-state index is 0.235. The average Bonchev–Trinajstić information content (AvgIpc) is 2.87. The second kappa shape index (κ2) is 23.5. The van der Waals surface area contributed by atoms with Crippen molar-refractivity contribution in [2.45, 2.75) is 169 Å². The lowest BCUT2D eigenvalue weighted by atomic mass is 9.79. The van der Waals surface area contributed by atoms with Gasteiger partial charge in [-0.05, 0) is 56.4 Å². The highest BCUT2D eigenvalue weighted by Gasteiger charge is 2.28. The van der Waals surface area contributed by atoms with Crippen LogP contribution in [0.4, 0.5) is 0 Å². The van der Waals surface area contributed by atoms with Gasteiger partial charge < -0.3 is 10.2 Å². The van der Waals surface area contributed by atoms with E-state index < -0.39 is 0 Å². The summed E-state index contributed by atoms with van der Waals surface area (Å²) in [6.07, 6.45) is 24.2. The smallest absolute Gasteiger partial charge is 0.221 e. The molecule has 0 aliphatic rings. The van der Waals surface area contributed by atoms with Gasteiger partial charge in [0.25, 0.3) is 0 Å². The van der Waals surface area contributed by atoms with Crippen LogP contribution in [0.5, 0.6) is 0 Å². The zero-order valence-corrected chi connectivity index (χ0v) is 28.2. The van der Waals surface area contributed by atoms with Crippen LogP contribution in [0.3, 0.4) is 0 Å². The van der Waals surface area contributed by atoms with Gasteiger partial charge in [-0.15, -0.1) is 0 Å². The van der Waals surface area contributed by atoms with E-state index in [0.29, 0.717) is 17.1 Å². The van der Waals surface area contributed by atoms with Crippen molar-refractivity contribution in [1.82, 2.24) is 10.2 Å². The zero-order chi connectivity index (χ0) is 28.7. The number of amides is 1. The molecule has 0 aromatic rings. The topological polar surface area (TPSA) is 32.3 Å². The molecule has 0 radical (unpaired) electrons. The third-order valence-electron chi connectivity index (χ3n) is 8.40. The molecule has 3 atom stereocenters. The van der Waals surface area contributed by atoms with Crippen molar-refractivity contribution >= 4 is 17.7 Å². The first-order valence-electron chi connectivity index (χ1n) is 16.7. The summed E-state index contributed by atoms with van der Waals surface area (Å²) in [7, 11) is 4.30. The fourth-order valence-corrected chi connectivity index (χ4v) is 7.22. The van der Waals surface area contributed by atoms with Crippen LogP contribution in [0, 0.1) is 10.8 Å². The Kier molecular flexibility index (Phi) is 23.3. The molecular formula is C34H70N2OS. The molecule has 228 valence electrons. The van der Waals surface area contributed by atoms with Crippen molar-refractivity contribution in [3.05, 3.63) is 0 Å². The van der Waals surface area contributed by atoms with Gasteiger partial charge in [-0.25, -0.2) is 0 Å². The predicted octanol–water partition coefficient (Wildman–Crippen LogP) is 10.3. The summed E-state index contributed by atoms with van der Waals surface area (Å²) >= 11 is 2.07. The normalized spacial score (nSPS) is 15.8. The summed E-state index contributed by atoms with van der Waals surface area (Å²) in [5.41, 5.74) is 0.629. The standard InChI is InChI=1S/C34H70N2OS/c1-9-13-17-21-24-33(5,23-19-15-11-3)29-35-32(37)27-31(28-36(7)8)38-30-34(6,25-20-16-12-4)26-22-18-14-10-2/h31H,9-30H2,1-8H3,(H,35,37). The first-order chi connectivity index (χ1) is 18.1. The van der Waals surface area contributed by atoms with Gasteiger partial charge in [0.2, 0.25) is 5.91 Å². The fraction of sp³-hybridized carbons (Fsp3) is 0.971. The van der Waals surface area contributed by atoms with Crippen LogP contribution in [0.15, 0.2) is 0 Å². The van der Waals surface area contributed by atoms with E-state index in [-0.39, 0.29) is 11.3 Å². The Labute approximate surface area is 244 Å². The number of rotatable bonds is 27. The molecule has 0 aromatic carbocycles. The molecule has 3 unspecified atom stereocenters. The van der Waals surface area contributed by atoms with E-state index in [0.717, 1.165) is 13.1 Å². The van der Waals surface area contributed by atoms with Crippen LogP contribution in [0.2, 0.25) is 0 Å². The Balaban J connectivity index is 5.05. The Morgan fingerprint density at radius 1 is 0.684 bits per heavy atom. The summed E-state index contributed by atoms with van der Waals surface area (Å²) in [6, 6.07) is 0. The lowest BCUT2D eigenvalue weighted by molar-refractivity contribution is -0.121. The summed E-state index contributed by atoms with van der Waals surface area (Å²) in [4.78, 5) is 15.5. The molecule has 0 bridgehead atoms. The predicted molar refractivity (Wildman–Crippen MR) is 174 cm³/mol. The van der Waals surface area contributed by atoms with E-state index in [2.05, 4.69) is 77.6 Å². The van der Waals surface area contributed by atoms with Gasteiger partial charge in [0.1, 0.15) is 0 Å². The van der Waals surface area contributed by atoms with Crippen molar-refractivity contribution in [3.63, 3.8) is 0 Å². The summed E-state index contributed by atoms with van der Waals surface area (Å²) in [5, 5.41) is 3.77. The van der Waals surface area contributed by atoms with Crippen molar-refractivity contribution in [3.8, 4) is 0 Å². The Bertz CT molecular complexity index is 555. The number of thioether (sulfide) groups is 1. The molecule has 0 spiro atoms. The summed E-state index contributed by atoms with van der Waals surface area (Å²) in [5.74, 6) is 1.44. The van der Waals surface area contributed by atoms with Gasteiger partial charge in [0.05, 0.1) is 0 Å². The minimum Gasteiger partial charge on any atom is -0.356 e. The van der Waals surface area contributed by atoms with Gasteiger partial charge in [0.15, 0.2) is 0 Å². The number of unbranched alkanes of at least 4 members (excludes halogenated alkanes) is 10. The molecule has 0 aliphatic carbocycles. The van der Waals surface area contributed by atoms with Crippen LogP contribution in [0.1, 0.15) is 164 Å². The van der Waals surface area contributed by atoms with E-state index in [4.69, 9.17) is 0 Å². The molecule has 0 saturated carbocycles. The van der Waals surface area contributed by atoms with E-state index >= 15 is 0 Å². The SMILES string of the molecule is CCCCCCC(C)(CCCCC)CNC(=O)CC(CN(C)C)SCC(C)(CCCCC)CCCCCC. The quantitative estimate of drug-likeness (QED) is 0.102. The van der Waals surface area contributed by atoms with Gasteiger partial charge in [-0.3, -0.25) is 4.79 Å². The van der Waals surface area contributed by atoms with E-state index in [9.17, 15) is 4.79 Å². The lowest BCUT2D eigenvalue weighted by Crippen LogP contribution is -2.38. The summed E-state index contributed by atoms with van der Waals surface area (Å²) in [6.45, 7) is 15.9. The maximum absolute atomic E-state index is 13.2. The Morgan fingerprint density at radius 2 is 1.11 bits per heavy atom. The molecule has 0 rings (SSSR count). The van der Waals surface area contributed by atoms with E-state index in [1.165, 1.54) is 121 Å². The largest absolute Gasteiger partial charge is 0.356 e. The zero-order valence-electron chi connectivity index (χ0n) is 27.4. The molecule has 3 nitrogen and oxygen atoms in total. The first-order valence-corrected chi connectivity index (χ1v) is 17.7. The minimum atomic E-state index is 0.235. The van der Waals surface area contributed by atoms with Crippen LogP contribution >= 0.6 is 11.8 Å². The monoisotopic (exact) mass is 555 g/mol. The number of carbonyl (C=O) groups excluding carboxylic acids is 1. The number of nitrogens with one attached hydrogen (secondary N) is 1. The highest BCUT2D eigenvalue weighted by atomic mass is 32.2. The number of nitrogens with zero attached hydrogens (tertiary/aromatic N) is 1. The van der Waals surface area contributed by atoms with Crippen molar-refractivity contribution in [2.24, 2.45) is 10.8 Å². The first kappa shape index (κ1) is 37.8. The van der Waals surface area contributed by atoms with Crippen LogP contribution in [0.25, 0.3) is 0 Å². The van der Waals surface area contributed by atoms with Crippen LogP contribution < -0.4 is 5.32 Å². The number of hydrogen-bond donors (Lipinski definition) is 1. The third-order valence-corrected chi connectivity index (χ3v) is 10.0. The number of carbonyl (C=O) groups is 1. The summed E-state index contributed by atoms with van der Waals surface area (Å²) < 4.78 is 0. The van der Waals surface area contributed by atoms with Crippen molar-refractivity contribution in [2.75, 3.05) is 32.9 Å². The lowest BCUT2D eigenvalue weighted by Gasteiger charge is -2.33. The Hall–Kier alpha value is -0.220. The highest BCUT2D eigenvalue weighted by molar-refractivity contribution is 8.00. The average molecular weight is 555 g/mol. The molecule has 1 N–H and O–H groups in total. The van der Waals surface area contributed by atoms with Gasteiger partial charge >= 0.3 is 0 Å². The van der Waals surface area contributed by atoms with Gasteiger partial charge in [-0.1, -0.05) is 131 Å². The molecular weight excluding hydrogens is 484 g/mol. The van der Waals surface area contributed by atoms with Crippen molar-refractivity contribution in [1.29, 1.82) is 0 Å². The van der Waals surface area contributed by atoms with E-state index in [1.807, 2.05) is 0 Å². The molecule has 0 saturated heterocycles. The fourth-order valence-electron chi connectivity index (χ4n) is 5.63. The van der Waals surface area contributed by atoms with Crippen molar-refractivity contribution < 1.29 is 4.79 Å². The van der Waals surface area contributed by atoms with Crippen LogP contribution in [-0.4, -0.2) is 49.0 Å². The molecule has 0 aromatic heterocycles. The number of hydrogen-bond acceptors (Lipinski definition) is 3. The van der Waals surface area contributed by atoms with Gasteiger partial charge in [0, 0.05) is 24.8 Å². The Morgan fingerprint density at radius 3 is 1.55 bits per heavy atom. The molecule has 0 aliphatic heterocycles. The molecule has 0 heterocycles. The second-order valence-electron chi connectivity index (χ2n) is 13.3. The maximum Gasteiger partial charge on any atom is 0.221 e. The highest BCUT2D eigenvalue weighted by Crippen LogP contribution is 2.37. The second-order valence-corrected chi connectivity index (χ2v) is 14.6. The van der Waals surface area contributed by atoms with Gasteiger partial charge in [-0.2, -0.15) is 11.8 Å². The maximum atomic E-state index is 13.2.